The van der Waals surface area contributed by atoms with Gasteiger partial charge in [-0.15, -0.1) is 0 Å². The van der Waals surface area contributed by atoms with Crippen LogP contribution in [0.4, 0.5) is 70.2 Å². The molecule has 166 valence electrons. The van der Waals surface area contributed by atoms with Gasteiger partial charge in [-0.3, -0.25) is 0 Å². The third-order valence-electron chi connectivity index (χ3n) is 2.45. The molecule has 0 aromatic heterocycles. The van der Waals surface area contributed by atoms with Crippen LogP contribution in [0.5, 0.6) is 0 Å². The molecule has 18 heteroatoms. The Morgan fingerprint density at radius 2 is 0.500 bits per heavy atom. The first-order valence-corrected chi connectivity index (χ1v) is 4.77. The molecule has 0 heterocycles. The van der Waals surface area contributed by atoms with Crippen LogP contribution in [0.2, 0.25) is 0 Å². The van der Waals surface area contributed by atoms with E-state index >= 15 is 0 Å². The maximum Gasteiger partial charge on any atom is 1.00 e. The van der Waals surface area contributed by atoms with E-state index in [-0.39, 0.29) is 34.1 Å². The Hall–Kier alpha value is -0.0810. The summed E-state index contributed by atoms with van der Waals surface area (Å²) in [7, 11) is 0. The molecule has 0 aliphatic heterocycles. The molecule has 0 aliphatic carbocycles. The average molecular weight is 527 g/mol. The van der Waals surface area contributed by atoms with Crippen molar-refractivity contribution in [3.8, 4) is 0 Å². The van der Waals surface area contributed by atoms with Crippen molar-refractivity contribution in [2.24, 2.45) is 0 Å². The largest absolute Gasteiger partial charge is 1.00 e. The maximum absolute atomic E-state index is 12.7. The molecule has 0 atom stereocenters. The SMILES string of the molecule is F[C-](F)C(F)(F)C(F)(F)C(F)(F)C(F)(F)C(F)(F)C(F)(F)[C-](F)F.[Cu+].[Cu+]. The van der Waals surface area contributed by atoms with Gasteiger partial charge in [0.15, 0.2) is 0 Å². The Morgan fingerprint density at radius 3 is 0.615 bits per heavy atom. The maximum atomic E-state index is 12.7. The molecule has 0 nitrogen and oxygen atoms in total. The summed E-state index contributed by atoms with van der Waals surface area (Å²) >= 11 is 0. The molecule has 0 aromatic rings. The Morgan fingerprint density at radius 1 is 0.346 bits per heavy atom. The van der Waals surface area contributed by atoms with Crippen LogP contribution in [-0.2, 0) is 34.1 Å². The second-order valence-electron chi connectivity index (χ2n) is 3.97. The molecule has 0 rings (SSSR count). The van der Waals surface area contributed by atoms with Gasteiger partial charge in [-0.2, -0.15) is 35.1 Å². The fourth-order valence-corrected chi connectivity index (χ4v) is 1.03. The molecule has 0 aliphatic rings. The van der Waals surface area contributed by atoms with Gasteiger partial charge in [0.05, 0.1) is 12.9 Å². The standard InChI is InChI=1S/C8F16.2Cu/c9-1(10)3(13,14)5(17,18)7(21,22)8(23,24)6(19,20)4(15,16)2(11)12;;/q-2;2*+1. The van der Waals surface area contributed by atoms with E-state index in [1.807, 2.05) is 0 Å². The summed E-state index contributed by atoms with van der Waals surface area (Å²) < 4.78 is 196. The summed E-state index contributed by atoms with van der Waals surface area (Å²) in [6.07, 6.45) is -9.91. The summed E-state index contributed by atoms with van der Waals surface area (Å²) in [5.41, 5.74) is 0. The van der Waals surface area contributed by atoms with Crippen LogP contribution in [0.25, 0.3) is 0 Å². The Kier molecular flexibility index (Phi) is 9.56. The van der Waals surface area contributed by atoms with Crippen molar-refractivity contribution >= 4 is 0 Å². The van der Waals surface area contributed by atoms with Gasteiger partial charge < -0.3 is 17.6 Å². The Labute approximate surface area is 153 Å². The zero-order valence-corrected chi connectivity index (χ0v) is 12.5. The van der Waals surface area contributed by atoms with Crippen LogP contribution < -0.4 is 0 Å². The molecule has 0 spiro atoms. The fraction of sp³-hybridized carbons (Fsp3) is 0.750. The first-order chi connectivity index (χ1) is 10.1. The topological polar surface area (TPSA) is 0 Å². The minimum absolute atomic E-state index is 0. The van der Waals surface area contributed by atoms with E-state index in [9.17, 15) is 70.2 Å². The van der Waals surface area contributed by atoms with Gasteiger partial charge in [-0.25, -0.2) is 17.6 Å². The first kappa shape index (κ1) is 30.6. The van der Waals surface area contributed by atoms with Gasteiger partial charge in [0.2, 0.25) is 0 Å². The molecule has 0 unspecified atom stereocenters. The predicted molar refractivity (Wildman–Crippen MR) is 40.6 cm³/mol. The molecule has 0 saturated heterocycles. The van der Waals surface area contributed by atoms with E-state index < -0.39 is 48.4 Å². The van der Waals surface area contributed by atoms with Crippen molar-refractivity contribution < 1.29 is 104 Å². The van der Waals surface area contributed by atoms with Gasteiger partial charge >= 0.3 is 57.8 Å². The smallest absolute Gasteiger partial charge is 0.415 e. The fourth-order valence-electron chi connectivity index (χ4n) is 1.03. The average Bonchev–Trinajstić information content (AvgIpc) is 2.36. The molecule has 26 heavy (non-hydrogen) atoms. The number of rotatable bonds is 7. The molecule has 0 saturated carbocycles. The zero-order valence-electron chi connectivity index (χ0n) is 10.7. The van der Waals surface area contributed by atoms with E-state index in [0.29, 0.717) is 0 Å². The number of alkyl halides is 12. The van der Waals surface area contributed by atoms with Gasteiger partial charge in [-0.1, -0.05) is 0 Å². The molecular weight excluding hydrogens is 527 g/mol. The monoisotopic (exact) mass is 526 g/mol. The first-order valence-electron chi connectivity index (χ1n) is 4.77. The van der Waals surface area contributed by atoms with Gasteiger partial charge in [0, 0.05) is 0 Å². The zero-order chi connectivity index (χ0) is 20.2. The van der Waals surface area contributed by atoms with Crippen molar-refractivity contribution in [2.45, 2.75) is 35.5 Å². The molecule has 0 bridgehead atoms. The second kappa shape index (κ2) is 8.11. The number of hydrogen-bond donors (Lipinski definition) is 0. The van der Waals surface area contributed by atoms with Crippen molar-refractivity contribution in [3.05, 3.63) is 12.9 Å². The van der Waals surface area contributed by atoms with Gasteiger partial charge in [-0.05, 0) is 0 Å². The van der Waals surface area contributed by atoms with Crippen LogP contribution >= 0.6 is 0 Å². The molecular formula is C8Cu2F16. The minimum Gasteiger partial charge on any atom is -0.415 e. The third kappa shape index (κ3) is 3.88. The summed E-state index contributed by atoms with van der Waals surface area (Å²) in [6.45, 7) is 0. The van der Waals surface area contributed by atoms with Crippen molar-refractivity contribution in [3.63, 3.8) is 0 Å². The quantitative estimate of drug-likeness (QED) is 0.228. The van der Waals surface area contributed by atoms with E-state index in [1.54, 1.807) is 0 Å². The summed E-state index contributed by atoms with van der Waals surface area (Å²) in [5.74, 6) is -47.7. The molecule has 0 aromatic carbocycles. The van der Waals surface area contributed by atoms with Crippen LogP contribution in [0.15, 0.2) is 0 Å². The third-order valence-corrected chi connectivity index (χ3v) is 2.45. The Balaban J connectivity index is -0.00000264. The Bertz CT molecular complexity index is 415. The minimum atomic E-state index is -8.31. The number of hydrogen-bond acceptors (Lipinski definition) is 0. The summed E-state index contributed by atoms with van der Waals surface area (Å²) in [4.78, 5) is 0. The molecule has 0 radical (unpaired) electrons. The van der Waals surface area contributed by atoms with Crippen molar-refractivity contribution in [1.29, 1.82) is 0 Å². The van der Waals surface area contributed by atoms with E-state index in [2.05, 4.69) is 0 Å². The van der Waals surface area contributed by atoms with Crippen molar-refractivity contribution in [2.75, 3.05) is 0 Å². The van der Waals surface area contributed by atoms with E-state index in [4.69, 9.17) is 0 Å². The van der Waals surface area contributed by atoms with Crippen LogP contribution in [0.1, 0.15) is 0 Å². The van der Waals surface area contributed by atoms with Crippen LogP contribution in [-0.4, -0.2) is 35.5 Å². The number of halogens is 16. The summed E-state index contributed by atoms with van der Waals surface area (Å²) in [5, 5.41) is 0. The van der Waals surface area contributed by atoms with Crippen LogP contribution in [0, 0.1) is 12.9 Å². The molecule has 0 N–H and O–H groups in total. The normalized spacial score (nSPS) is 15.0. The van der Waals surface area contributed by atoms with E-state index in [1.165, 1.54) is 0 Å². The predicted octanol–water partition coefficient (Wildman–Crippen LogP) is 5.65. The van der Waals surface area contributed by atoms with Gasteiger partial charge in [0.1, 0.15) is 0 Å². The van der Waals surface area contributed by atoms with Crippen LogP contribution in [0.3, 0.4) is 0 Å². The molecule has 0 fully saturated rings. The van der Waals surface area contributed by atoms with Crippen molar-refractivity contribution in [1.82, 2.24) is 0 Å². The van der Waals surface area contributed by atoms with Gasteiger partial charge in [0.25, 0.3) is 11.8 Å². The second-order valence-corrected chi connectivity index (χ2v) is 3.97. The summed E-state index contributed by atoms with van der Waals surface area (Å²) in [6, 6.07) is 0. The molecule has 0 amide bonds. The van der Waals surface area contributed by atoms with E-state index in [0.717, 1.165) is 0 Å².